The van der Waals surface area contributed by atoms with Gasteiger partial charge in [-0.2, -0.15) is 11.8 Å². The summed E-state index contributed by atoms with van der Waals surface area (Å²) in [4.78, 5) is 16.4. The van der Waals surface area contributed by atoms with E-state index in [9.17, 15) is 4.79 Å². The average Bonchev–Trinajstić information content (AvgIpc) is 2.60. The van der Waals surface area contributed by atoms with Crippen molar-refractivity contribution in [2.24, 2.45) is 5.92 Å². The molecule has 1 aromatic carbocycles. The quantitative estimate of drug-likeness (QED) is 0.722. The van der Waals surface area contributed by atoms with Gasteiger partial charge in [-0.25, -0.2) is 0 Å². The van der Waals surface area contributed by atoms with Crippen LogP contribution in [-0.4, -0.2) is 68.1 Å². The van der Waals surface area contributed by atoms with E-state index in [0.29, 0.717) is 11.7 Å². The van der Waals surface area contributed by atoms with Gasteiger partial charge in [-0.05, 0) is 49.6 Å². The molecule has 1 unspecified atom stereocenters. The number of para-hydroxylation sites is 1. The number of amides is 1. The van der Waals surface area contributed by atoms with Gasteiger partial charge >= 0.3 is 0 Å². The average molecular weight is 351 g/mol. The van der Waals surface area contributed by atoms with Crippen molar-refractivity contribution >= 4 is 17.7 Å². The predicted octanol–water partition coefficient (Wildman–Crippen LogP) is 2.77. The first-order valence-corrected chi connectivity index (χ1v) is 10.1. The summed E-state index contributed by atoms with van der Waals surface area (Å²) in [6, 6.07) is 8.26. The number of ether oxygens (including phenoxy) is 1. The van der Waals surface area contributed by atoms with Crippen LogP contribution in [0.25, 0.3) is 0 Å². The highest BCUT2D eigenvalue weighted by molar-refractivity contribution is 7.99. The molecule has 2 rings (SSSR count). The van der Waals surface area contributed by atoms with E-state index >= 15 is 0 Å². The zero-order valence-corrected chi connectivity index (χ0v) is 16.0. The molecular formula is C19H30N2O2S. The van der Waals surface area contributed by atoms with Gasteiger partial charge in [-0.1, -0.05) is 18.2 Å². The van der Waals surface area contributed by atoms with E-state index in [2.05, 4.69) is 17.0 Å². The fourth-order valence-electron chi connectivity index (χ4n) is 3.41. The highest BCUT2D eigenvalue weighted by Crippen LogP contribution is 2.21. The van der Waals surface area contributed by atoms with E-state index < -0.39 is 0 Å². The maximum atomic E-state index is 12.0. The lowest BCUT2D eigenvalue weighted by molar-refractivity contribution is -0.127. The van der Waals surface area contributed by atoms with E-state index in [1.54, 1.807) is 18.9 Å². The number of piperidine rings is 1. The number of thioether (sulfide) groups is 1. The third-order valence-corrected chi connectivity index (χ3v) is 5.25. The van der Waals surface area contributed by atoms with Crippen molar-refractivity contribution in [1.82, 2.24) is 9.80 Å². The number of carbonyl (C=O) groups excluding carboxylic acids is 1. The maximum absolute atomic E-state index is 12.0. The summed E-state index contributed by atoms with van der Waals surface area (Å²) < 4.78 is 5.44. The lowest BCUT2D eigenvalue weighted by atomic mass is 9.97. The molecule has 1 saturated heterocycles. The Bertz CT molecular complexity index is 524. The number of nitrogens with zero attached hydrogens (tertiary/aromatic N) is 2. The Balaban J connectivity index is 1.81. The molecular weight excluding hydrogens is 320 g/mol. The summed E-state index contributed by atoms with van der Waals surface area (Å²) >= 11 is 1.60. The zero-order valence-electron chi connectivity index (χ0n) is 15.2. The van der Waals surface area contributed by atoms with Crippen LogP contribution in [0.2, 0.25) is 0 Å². The minimum Gasteiger partial charge on any atom is -0.496 e. The second-order valence-corrected chi connectivity index (χ2v) is 7.44. The number of likely N-dealkylation sites (tertiary alicyclic amines) is 1. The first-order chi connectivity index (χ1) is 11.6. The molecule has 5 heteroatoms. The number of methoxy groups -OCH3 is 1. The Labute approximate surface area is 150 Å². The summed E-state index contributed by atoms with van der Waals surface area (Å²) in [7, 11) is 3.67. The van der Waals surface area contributed by atoms with E-state index in [-0.39, 0.29) is 5.91 Å². The SMILES string of the molecule is COc1ccccc1CCN1CCCC(CN(C)C(=O)CSC)C1. The summed E-state index contributed by atoms with van der Waals surface area (Å²) in [6.07, 6.45) is 5.44. The van der Waals surface area contributed by atoms with Crippen molar-refractivity contribution in [2.45, 2.75) is 19.3 Å². The van der Waals surface area contributed by atoms with Crippen LogP contribution in [0.4, 0.5) is 0 Å². The van der Waals surface area contributed by atoms with Crippen LogP contribution in [0.5, 0.6) is 5.75 Å². The molecule has 24 heavy (non-hydrogen) atoms. The minimum absolute atomic E-state index is 0.244. The van der Waals surface area contributed by atoms with Gasteiger partial charge in [0.15, 0.2) is 0 Å². The molecule has 0 N–H and O–H groups in total. The second kappa shape index (κ2) is 9.94. The Morgan fingerprint density at radius 1 is 1.42 bits per heavy atom. The number of hydrogen-bond acceptors (Lipinski definition) is 4. The number of carbonyl (C=O) groups is 1. The lowest BCUT2D eigenvalue weighted by Crippen LogP contribution is -2.42. The Morgan fingerprint density at radius 2 is 2.21 bits per heavy atom. The molecule has 0 bridgehead atoms. The molecule has 134 valence electrons. The topological polar surface area (TPSA) is 32.8 Å². The molecule has 1 atom stereocenters. The van der Waals surface area contributed by atoms with Crippen molar-refractivity contribution in [3.8, 4) is 5.75 Å². The molecule has 0 radical (unpaired) electrons. The highest BCUT2D eigenvalue weighted by atomic mass is 32.2. The zero-order chi connectivity index (χ0) is 17.4. The maximum Gasteiger partial charge on any atom is 0.232 e. The van der Waals surface area contributed by atoms with Crippen molar-refractivity contribution < 1.29 is 9.53 Å². The first kappa shape index (κ1) is 19.1. The molecule has 1 aliphatic rings. The molecule has 1 aliphatic heterocycles. The Kier molecular flexibility index (Phi) is 7.92. The van der Waals surface area contributed by atoms with Crippen LogP contribution < -0.4 is 4.74 Å². The van der Waals surface area contributed by atoms with Gasteiger partial charge in [0.1, 0.15) is 5.75 Å². The minimum atomic E-state index is 0.244. The summed E-state index contributed by atoms with van der Waals surface area (Å²) in [6.45, 7) is 4.18. The monoisotopic (exact) mass is 350 g/mol. The van der Waals surface area contributed by atoms with Gasteiger partial charge in [0.25, 0.3) is 0 Å². The van der Waals surface area contributed by atoms with E-state index in [4.69, 9.17) is 4.74 Å². The fourth-order valence-corrected chi connectivity index (χ4v) is 3.88. The van der Waals surface area contributed by atoms with E-state index in [1.807, 2.05) is 30.3 Å². The van der Waals surface area contributed by atoms with Gasteiger partial charge in [0.2, 0.25) is 5.91 Å². The van der Waals surface area contributed by atoms with Crippen LogP contribution >= 0.6 is 11.8 Å². The summed E-state index contributed by atoms with van der Waals surface area (Å²) in [5.74, 6) is 2.40. The molecule has 1 heterocycles. The van der Waals surface area contributed by atoms with Crippen molar-refractivity contribution in [3.05, 3.63) is 29.8 Å². The highest BCUT2D eigenvalue weighted by Gasteiger charge is 2.22. The lowest BCUT2D eigenvalue weighted by Gasteiger charge is -2.34. The smallest absolute Gasteiger partial charge is 0.232 e. The van der Waals surface area contributed by atoms with E-state index in [1.165, 1.54) is 18.4 Å². The molecule has 4 nitrogen and oxygen atoms in total. The second-order valence-electron chi connectivity index (χ2n) is 6.58. The van der Waals surface area contributed by atoms with Crippen molar-refractivity contribution in [1.29, 1.82) is 0 Å². The summed E-state index contributed by atoms with van der Waals surface area (Å²) in [5, 5.41) is 0. The van der Waals surface area contributed by atoms with Crippen molar-refractivity contribution in [3.63, 3.8) is 0 Å². The van der Waals surface area contributed by atoms with Crippen LogP contribution in [0.15, 0.2) is 24.3 Å². The standard InChI is InChI=1S/C19H30N2O2S/c1-20(19(22)15-24-3)13-16-7-6-11-21(14-16)12-10-17-8-4-5-9-18(17)23-2/h4-5,8-9,16H,6-7,10-15H2,1-3H3. The molecule has 1 aromatic rings. The predicted molar refractivity (Wildman–Crippen MR) is 102 cm³/mol. The number of hydrogen-bond donors (Lipinski definition) is 0. The van der Waals surface area contributed by atoms with Crippen LogP contribution in [-0.2, 0) is 11.2 Å². The van der Waals surface area contributed by atoms with Gasteiger partial charge in [-0.3, -0.25) is 4.79 Å². The third kappa shape index (κ3) is 5.71. The third-order valence-electron chi connectivity index (χ3n) is 4.72. The Hall–Kier alpha value is -1.20. The van der Waals surface area contributed by atoms with Gasteiger partial charge < -0.3 is 14.5 Å². The molecule has 1 fully saturated rings. The number of rotatable bonds is 8. The molecule has 0 saturated carbocycles. The van der Waals surface area contributed by atoms with Crippen LogP contribution in [0.1, 0.15) is 18.4 Å². The van der Waals surface area contributed by atoms with Gasteiger partial charge in [-0.15, -0.1) is 0 Å². The summed E-state index contributed by atoms with van der Waals surface area (Å²) in [5.41, 5.74) is 1.27. The van der Waals surface area contributed by atoms with Crippen LogP contribution in [0, 0.1) is 5.92 Å². The number of benzene rings is 1. The molecule has 0 aliphatic carbocycles. The van der Waals surface area contributed by atoms with E-state index in [0.717, 1.165) is 38.3 Å². The van der Waals surface area contributed by atoms with Crippen molar-refractivity contribution in [2.75, 3.05) is 52.3 Å². The Morgan fingerprint density at radius 3 is 2.96 bits per heavy atom. The molecule has 0 spiro atoms. The molecule has 1 amide bonds. The van der Waals surface area contributed by atoms with Gasteiger partial charge in [0.05, 0.1) is 12.9 Å². The van der Waals surface area contributed by atoms with Gasteiger partial charge in [0, 0.05) is 26.7 Å². The fraction of sp³-hybridized carbons (Fsp3) is 0.632. The first-order valence-electron chi connectivity index (χ1n) is 8.71. The van der Waals surface area contributed by atoms with Crippen LogP contribution in [0.3, 0.4) is 0 Å². The normalized spacial score (nSPS) is 18.4. The molecule has 0 aromatic heterocycles. The largest absolute Gasteiger partial charge is 0.496 e.